The van der Waals surface area contributed by atoms with Crippen LogP contribution in [0.4, 0.5) is 0 Å². The fourth-order valence-electron chi connectivity index (χ4n) is 1.97. The van der Waals surface area contributed by atoms with E-state index in [4.69, 9.17) is 11.6 Å². The molecule has 0 bridgehead atoms. The largest absolute Gasteiger partial charge is 0.337 e. The number of carbonyl (C=O) groups excluding carboxylic acids is 1. The highest BCUT2D eigenvalue weighted by molar-refractivity contribution is 9.10. The van der Waals surface area contributed by atoms with E-state index in [2.05, 4.69) is 21.2 Å². The Kier molecular flexibility index (Phi) is 5.92. The maximum absolute atomic E-state index is 12.2. The summed E-state index contributed by atoms with van der Waals surface area (Å²) in [6, 6.07) is 5.57. The lowest BCUT2D eigenvalue weighted by molar-refractivity contribution is 0.0744. The Hall–Kier alpha value is -0.290. The molecule has 18 heavy (non-hydrogen) atoms. The first-order valence-electron chi connectivity index (χ1n) is 5.52. The Morgan fingerprint density at radius 2 is 2.28 bits per heavy atom. The molecule has 6 heteroatoms. The highest BCUT2D eigenvalue weighted by Gasteiger charge is 2.24. The van der Waals surface area contributed by atoms with Crippen LogP contribution < -0.4 is 5.32 Å². The average molecular weight is 354 g/mol. The Bertz CT molecular complexity index is 436. The zero-order valence-corrected chi connectivity index (χ0v) is 13.1. The van der Waals surface area contributed by atoms with Gasteiger partial charge in [-0.1, -0.05) is 11.6 Å². The predicted octanol–water partition coefficient (Wildman–Crippen LogP) is 2.96. The number of rotatable bonds is 2. The quantitative estimate of drug-likeness (QED) is 0.886. The molecule has 1 saturated heterocycles. The molecule has 1 aromatic rings. The Labute approximate surface area is 126 Å². The number of hydrogen-bond donors (Lipinski definition) is 1. The second kappa shape index (κ2) is 6.75. The SMILES string of the molecule is CN(C(=O)c1ccc(Br)c(Cl)c1)C1CCNC1.Cl. The Morgan fingerprint density at radius 3 is 2.83 bits per heavy atom. The molecule has 1 aliphatic heterocycles. The van der Waals surface area contributed by atoms with Gasteiger partial charge in [-0.15, -0.1) is 12.4 Å². The molecule has 0 aliphatic carbocycles. The Morgan fingerprint density at radius 1 is 1.56 bits per heavy atom. The van der Waals surface area contributed by atoms with E-state index in [0.717, 1.165) is 24.0 Å². The molecule has 0 aromatic heterocycles. The molecule has 1 N–H and O–H groups in total. The molecule has 0 spiro atoms. The normalized spacial score (nSPS) is 18.3. The van der Waals surface area contributed by atoms with Crippen LogP contribution in [0.5, 0.6) is 0 Å². The topological polar surface area (TPSA) is 32.3 Å². The number of carbonyl (C=O) groups is 1. The third-order valence-corrected chi connectivity index (χ3v) is 4.30. The number of likely N-dealkylation sites (N-methyl/N-ethyl adjacent to an activating group) is 1. The van der Waals surface area contributed by atoms with Crippen molar-refractivity contribution >= 4 is 45.8 Å². The fourth-order valence-corrected chi connectivity index (χ4v) is 2.40. The van der Waals surface area contributed by atoms with Gasteiger partial charge in [0, 0.05) is 29.7 Å². The van der Waals surface area contributed by atoms with Crippen LogP contribution in [0.1, 0.15) is 16.8 Å². The molecular weight excluding hydrogens is 339 g/mol. The predicted molar refractivity (Wildman–Crippen MR) is 79.8 cm³/mol. The highest BCUT2D eigenvalue weighted by atomic mass is 79.9. The van der Waals surface area contributed by atoms with Crippen molar-refractivity contribution in [3.63, 3.8) is 0 Å². The smallest absolute Gasteiger partial charge is 0.253 e. The summed E-state index contributed by atoms with van der Waals surface area (Å²) in [5, 5.41) is 3.82. The number of nitrogens with zero attached hydrogens (tertiary/aromatic N) is 1. The van der Waals surface area contributed by atoms with Gasteiger partial charge in [-0.3, -0.25) is 4.79 Å². The lowest BCUT2D eigenvalue weighted by Gasteiger charge is -2.23. The summed E-state index contributed by atoms with van der Waals surface area (Å²) in [5.41, 5.74) is 0.632. The molecular formula is C12H15BrCl2N2O. The van der Waals surface area contributed by atoms with Gasteiger partial charge in [-0.2, -0.15) is 0 Å². The average Bonchev–Trinajstić information content (AvgIpc) is 2.84. The molecule has 1 aromatic carbocycles. The van der Waals surface area contributed by atoms with E-state index in [1.807, 2.05) is 7.05 Å². The van der Waals surface area contributed by atoms with Crippen LogP contribution in [-0.4, -0.2) is 37.0 Å². The van der Waals surface area contributed by atoms with Crippen LogP contribution in [0.2, 0.25) is 5.02 Å². The Balaban J connectivity index is 0.00000162. The molecule has 0 radical (unpaired) electrons. The minimum Gasteiger partial charge on any atom is -0.337 e. The molecule has 0 saturated carbocycles. The summed E-state index contributed by atoms with van der Waals surface area (Å²) in [6.07, 6.45) is 1.01. The van der Waals surface area contributed by atoms with Gasteiger partial charge in [0.25, 0.3) is 5.91 Å². The summed E-state index contributed by atoms with van der Waals surface area (Å²) in [5.74, 6) is 0.0214. The molecule has 1 atom stereocenters. The van der Waals surface area contributed by atoms with Crippen molar-refractivity contribution in [2.75, 3.05) is 20.1 Å². The van der Waals surface area contributed by atoms with E-state index < -0.39 is 0 Å². The second-order valence-electron chi connectivity index (χ2n) is 4.19. The number of hydrogen-bond acceptors (Lipinski definition) is 2. The maximum Gasteiger partial charge on any atom is 0.253 e. The van der Waals surface area contributed by atoms with E-state index in [1.54, 1.807) is 23.1 Å². The minimum absolute atomic E-state index is 0. The number of nitrogens with one attached hydrogen (secondary N) is 1. The van der Waals surface area contributed by atoms with Gasteiger partial charge in [0.15, 0.2) is 0 Å². The van der Waals surface area contributed by atoms with Crippen LogP contribution in [-0.2, 0) is 0 Å². The van der Waals surface area contributed by atoms with Crippen molar-refractivity contribution in [2.45, 2.75) is 12.5 Å². The first-order valence-corrected chi connectivity index (χ1v) is 6.69. The zero-order chi connectivity index (χ0) is 12.4. The molecule has 2 rings (SSSR count). The van der Waals surface area contributed by atoms with E-state index in [0.29, 0.717) is 10.6 Å². The molecule has 1 fully saturated rings. The van der Waals surface area contributed by atoms with Crippen molar-refractivity contribution < 1.29 is 4.79 Å². The standard InChI is InChI=1S/C12H14BrClN2O.ClH/c1-16(9-4-5-15-7-9)12(17)8-2-3-10(13)11(14)6-8;/h2-3,6,9,15H,4-5,7H2,1H3;1H. The van der Waals surface area contributed by atoms with Gasteiger partial charge in [0.2, 0.25) is 0 Å². The van der Waals surface area contributed by atoms with E-state index in [1.165, 1.54) is 0 Å². The summed E-state index contributed by atoms with van der Waals surface area (Å²) in [4.78, 5) is 14.0. The number of benzene rings is 1. The van der Waals surface area contributed by atoms with Crippen LogP contribution >= 0.6 is 39.9 Å². The van der Waals surface area contributed by atoms with Crippen molar-refractivity contribution in [1.29, 1.82) is 0 Å². The van der Waals surface area contributed by atoms with Crippen LogP contribution in [0, 0.1) is 0 Å². The van der Waals surface area contributed by atoms with E-state index in [9.17, 15) is 4.79 Å². The third-order valence-electron chi connectivity index (χ3n) is 3.07. The minimum atomic E-state index is 0. The molecule has 100 valence electrons. The summed E-state index contributed by atoms with van der Waals surface area (Å²) < 4.78 is 0.806. The van der Waals surface area contributed by atoms with Gasteiger partial charge < -0.3 is 10.2 Å². The van der Waals surface area contributed by atoms with Crippen LogP contribution in [0.25, 0.3) is 0 Å². The first-order chi connectivity index (χ1) is 8.09. The lowest BCUT2D eigenvalue weighted by atomic mass is 10.1. The van der Waals surface area contributed by atoms with Crippen LogP contribution in [0.15, 0.2) is 22.7 Å². The van der Waals surface area contributed by atoms with E-state index >= 15 is 0 Å². The van der Waals surface area contributed by atoms with Gasteiger partial charge in [-0.25, -0.2) is 0 Å². The van der Waals surface area contributed by atoms with Crippen LogP contribution in [0.3, 0.4) is 0 Å². The molecule has 1 unspecified atom stereocenters. The van der Waals surface area contributed by atoms with Crippen molar-refractivity contribution in [2.24, 2.45) is 0 Å². The first kappa shape index (κ1) is 15.8. The second-order valence-corrected chi connectivity index (χ2v) is 5.45. The molecule has 1 amide bonds. The monoisotopic (exact) mass is 352 g/mol. The summed E-state index contributed by atoms with van der Waals surface area (Å²) in [6.45, 7) is 1.84. The van der Waals surface area contributed by atoms with Crippen molar-refractivity contribution in [1.82, 2.24) is 10.2 Å². The van der Waals surface area contributed by atoms with E-state index in [-0.39, 0.29) is 24.4 Å². The molecule has 3 nitrogen and oxygen atoms in total. The highest BCUT2D eigenvalue weighted by Crippen LogP contribution is 2.24. The fraction of sp³-hybridized carbons (Fsp3) is 0.417. The zero-order valence-electron chi connectivity index (χ0n) is 9.95. The summed E-state index contributed by atoms with van der Waals surface area (Å²) in [7, 11) is 1.84. The number of halogens is 3. The van der Waals surface area contributed by atoms with Crippen molar-refractivity contribution in [3.8, 4) is 0 Å². The van der Waals surface area contributed by atoms with Crippen molar-refractivity contribution in [3.05, 3.63) is 33.3 Å². The molecule has 1 aliphatic rings. The maximum atomic E-state index is 12.2. The number of amides is 1. The summed E-state index contributed by atoms with van der Waals surface area (Å²) >= 11 is 9.31. The third kappa shape index (κ3) is 3.38. The van der Waals surface area contributed by atoms with Gasteiger partial charge >= 0.3 is 0 Å². The van der Waals surface area contributed by atoms with Gasteiger partial charge in [0.05, 0.1) is 5.02 Å². The molecule has 1 heterocycles. The van der Waals surface area contributed by atoms with Gasteiger partial charge in [0.1, 0.15) is 0 Å². The lowest BCUT2D eigenvalue weighted by Crippen LogP contribution is -2.38. The van der Waals surface area contributed by atoms with Gasteiger partial charge in [-0.05, 0) is 47.1 Å².